The minimum Gasteiger partial charge on any atom is -0.454 e. The number of hydrogen-bond donors (Lipinski definition) is 0. The van der Waals surface area contributed by atoms with Crippen molar-refractivity contribution in [3.05, 3.63) is 443 Å². The van der Waals surface area contributed by atoms with Crippen LogP contribution in [-0.4, -0.2) is 0 Å². The minimum atomic E-state index is 0.624. The molecule has 16 aromatic carbocycles. The maximum atomic E-state index is 9.80. The Balaban J connectivity index is 0.000000113. The van der Waals surface area contributed by atoms with Gasteiger partial charge in [-0.05, 0) is 180 Å². The van der Waals surface area contributed by atoms with E-state index in [2.05, 4.69) is 376 Å². The molecule has 0 saturated heterocycles. The van der Waals surface area contributed by atoms with Crippen molar-refractivity contribution in [2.45, 2.75) is 62.3 Å². The molecule has 143 heavy (non-hydrogen) atoms. The van der Waals surface area contributed by atoms with Crippen molar-refractivity contribution in [3.63, 3.8) is 0 Å². The van der Waals surface area contributed by atoms with E-state index in [1.165, 1.54) is 72.4 Å². The number of rotatable bonds is 11. The van der Waals surface area contributed by atoms with Crippen LogP contribution in [0, 0.1) is 108 Å². The predicted molar refractivity (Wildman–Crippen MR) is 578 cm³/mol. The van der Waals surface area contributed by atoms with Crippen LogP contribution >= 0.6 is 0 Å². The molecular formula is C131H100N8O4+4. The molecule has 0 bridgehead atoms. The molecular weight excluding hydrogens is 1750 g/mol. The Morgan fingerprint density at radius 2 is 0.510 bits per heavy atom. The highest BCUT2D eigenvalue weighted by atomic mass is 16.3. The molecule has 0 unspecified atom stereocenters. The summed E-state index contributed by atoms with van der Waals surface area (Å²) in [5, 5.41) is 49.4. The van der Waals surface area contributed by atoms with Crippen LogP contribution in [-0.2, 0) is 28.2 Å². The van der Waals surface area contributed by atoms with E-state index in [9.17, 15) is 21.0 Å². The maximum Gasteiger partial charge on any atom is 0.224 e. The number of benzene rings is 16. The maximum absolute atomic E-state index is 9.80. The van der Waals surface area contributed by atoms with E-state index in [1.54, 1.807) is 0 Å². The first-order chi connectivity index (χ1) is 69.7. The third-order valence-electron chi connectivity index (χ3n) is 28.7. The van der Waals surface area contributed by atoms with Gasteiger partial charge < -0.3 is 17.7 Å². The largest absolute Gasteiger partial charge is 0.454 e. The molecule has 0 atom stereocenters. The van der Waals surface area contributed by atoms with Crippen molar-refractivity contribution in [1.82, 2.24) is 0 Å². The number of fused-ring (bicyclic) bond motifs is 13. The quantitative estimate of drug-likeness (QED) is 0.116. The standard InChI is InChI=1S/2C34H27N2O.C33H25N2O.C30H21N2O/c1-21-15-16-27-30-18-24(20-35)17-29(26-13-9-6-10-14-26)33(30)37-34(27)32(21)31-19-28(22(2)23(3)36(31)4)25-11-7-5-8-12-25;1-21-15-16-27-29-19-24(20-35)18-28(25-11-7-5-8-12-25)33(29)37-34(27)32(21)30-17-22(2)31(23(3)36(30)4)26-13-9-6-10-14-26;1-21-14-15-27-29-19-23(20-34)18-28(25-12-8-5-9-13-25)32(29)36-33(27)31(21)30-17-16-26(22(2)35(30)3)24-10-6-4-7-11-24;1-19-12-13-24-26-17-20(18-31)16-25(21-8-4-3-5-9-21)29(26)33-30(24)27(19)28-23-11-7-6-10-22(23)14-15-32(28)2/h2*5-19H,1-4H3;4-19H,1-3H3;3-17H,1-2H3/q4*+1. The molecule has 0 aliphatic rings. The number of aryl methyl sites for hydroxylation is 6. The van der Waals surface area contributed by atoms with Gasteiger partial charge in [-0.2, -0.15) is 34.7 Å². The predicted octanol–water partition coefficient (Wildman–Crippen LogP) is 31.4. The Bertz CT molecular complexity index is 9440. The molecule has 0 aliphatic heterocycles. The Labute approximate surface area is 830 Å². The lowest BCUT2D eigenvalue weighted by Crippen LogP contribution is -2.36. The van der Waals surface area contributed by atoms with Crippen molar-refractivity contribution in [3.8, 4) is 147 Å². The first-order valence-corrected chi connectivity index (χ1v) is 48.0. The molecule has 0 spiro atoms. The van der Waals surface area contributed by atoms with E-state index in [0.29, 0.717) is 22.3 Å². The van der Waals surface area contributed by atoms with Gasteiger partial charge in [-0.25, -0.2) is 4.57 Å². The monoisotopic (exact) mass is 1850 g/mol. The highest BCUT2D eigenvalue weighted by molar-refractivity contribution is 6.18. The van der Waals surface area contributed by atoms with Gasteiger partial charge in [-0.1, -0.05) is 279 Å². The molecule has 0 fully saturated rings. The molecule has 0 saturated carbocycles. The van der Waals surface area contributed by atoms with Gasteiger partial charge in [0.15, 0.2) is 23.3 Å². The molecule has 0 aliphatic carbocycles. The Kier molecular flexibility index (Phi) is 24.0. The molecule has 12 heteroatoms. The third kappa shape index (κ3) is 16.3. The normalized spacial score (nSPS) is 11.2. The van der Waals surface area contributed by atoms with Crippen LogP contribution in [0.4, 0.5) is 0 Å². The van der Waals surface area contributed by atoms with Crippen LogP contribution in [0.15, 0.2) is 388 Å². The van der Waals surface area contributed by atoms with Crippen molar-refractivity contribution < 1.29 is 35.9 Å². The Morgan fingerprint density at radius 1 is 0.210 bits per heavy atom. The van der Waals surface area contributed by atoms with Gasteiger partial charge in [0.2, 0.25) is 22.8 Å². The summed E-state index contributed by atoms with van der Waals surface area (Å²) in [6.07, 6.45) is 2.10. The second-order valence-electron chi connectivity index (χ2n) is 37.1. The Morgan fingerprint density at radius 3 is 0.881 bits per heavy atom. The lowest BCUT2D eigenvalue weighted by molar-refractivity contribution is -0.667. The second-order valence-corrected chi connectivity index (χ2v) is 37.1. The van der Waals surface area contributed by atoms with Gasteiger partial charge >= 0.3 is 0 Å². The number of hydrogen-bond acceptors (Lipinski definition) is 8. The molecule has 0 radical (unpaired) electrons. The van der Waals surface area contributed by atoms with E-state index in [4.69, 9.17) is 17.7 Å². The SMILES string of the molecule is Cc1cc(-c2c(C)ccc3c2oc2c(-c4ccccc4)cc(C#N)cc23)[n+](C)c(C)c1-c1ccccc1.Cc1ccc2c(oc3c(-c4ccccc4)cc(C#N)cc32)c1-c1c2ccccc2cc[n+]1C.Cc1ccc2c(oc3c(-c4ccccc4)cc(C#N)cc32)c1-c1cc(-c2ccccc2)c(C)c(C)[n+]1C.Cc1ccc2c(oc3c(-c4ccccc4)cc(C#N)cc32)c1-c1ccc(-c2ccccc2)c(C)[n+]1C. The van der Waals surface area contributed by atoms with E-state index < -0.39 is 0 Å². The van der Waals surface area contributed by atoms with Crippen LogP contribution in [0.25, 0.3) is 221 Å². The van der Waals surface area contributed by atoms with Crippen molar-refractivity contribution in [2.75, 3.05) is 0 Å². The van der Waals surface area contributed by atoms with E-state index in [0.717, 1.165) is 200 Å². The summed E-state index contributed by atoms with van der Waals surface area (Å²) >= 11 is 0. The smallest absolute Gasteiger partial charge is 0.224 e. The molecule has 0 N–H and O–H groups in total. The molecule has 8 aromatic heterocycles. The van der Waals surface area contributed by atoms with Crippen LogP contribution < -0.4 is 18.3 Å². The molecule has 0 amide bonds. The summed E-state index contributed by atoms with van der Waals surface area (Å²) in [4.78, 5) is 0. The topological polar surface area (TPSA) is 163 Å². The van der Waals surface area contributed by atoms with Crippen molar-refractivity contribution in [2.24, 2.45) is 28.2 Å². The number of furan rings is 4. The minimum absolute atomic E-state index is 0.624. The van der Waals surface area contributed by atoms with Crippen LogP contribution in [0.1, 0.15) is 72.7 Å². The fourth-order valence-corrected chi connectivity index (χ4v) is 21.0. The van der Waals surface area contributed by atoms with Gasteiger partial charge in [0.05, 0.1) is 79.7 Å². The third-order valence-corrected chi connectivity index (χ3v) is 28.7. The zero-order chi connectivity index (χ0) is 98.7. The lowest BCUT2D eigenvalue weighted by atomic mass is 9.94. The first-order valence-electron chi connectivity index (χ1n) is 48.0. The highest BCUT2D eigenvalue weighted by Crippen LogP contribution is 2.49. The van der Waals surface area contributed by atoms with Gasteiger partial charge in [-0.15, -0.1) is 0 Å². The van der Waals surface area contributed by atoms with Crippen LogP contribution in [0.5, 0.6) is 0 Å². The average molecular weight is 1850 g/mol. The first kappa shape index (κ1) is 91.0. The number of pyridine rings is 4. The molecule has 12 nitrogen and oxygen atoms in total. The fraction of sp³-hybridized carbons (Fsp3) is 0.0992. The van der Waals surface area contributed by atoms with E-state index in [1.807, 2.05) is 127 Å². The highest BCUT2D eigenvalue weighted by Gasteiger charge is 2.33. The summed E-state index contributed by atoms with van der Waals surface area (Å²) in [6, 6.07) is 134. The molecule has 8 heterocycles. The summed E-state index contributed by atoms with van der Waals surface area (Å²) in [6.45, 7) is 19.4. The van der Waals surface area contributed by atoms with E-state index in [-0.39, 0.29) is 0 Å². The van der Waals surface area contributed by atoms with Crippen molar-refractivity contribution in [1.29, 1.82) is 21.0 Å². The van der Waals surface area contributed by atoms with E-state index >= 15 is 0 Å². The number of nitriles is 4. The summed E-state index contributed by atoms with van der Waals surface area (Å²) in [5.74, 6) is 0. The van der Waals surface area contributed by atoms with Crippen molar-refractivity contribution >= 4 is 98.5 Å². The molecule has 24 rings (SSSR count). The average Bonchev–Trinajstić information content (AvgIpc) is 1.57. The molecule has 684 valence electrons. The molecule has 24 aromatic rings. The summed E-state index contributed by atoms with van der Waals surface area (Å²) in [7, 11) is 8.43. The van der Waals surface area contributed by atoms with Crippen LogP contribution in [0.3, 0.4) is 0 Å². The Hall–Kier alpha value is -18.5. The second kappa shape index (κ2) is 37.8. The number of nitrogens with zero attached hydrogens (tertiary/aromatic N) is 8. The zero-order valence-corrected chi connectivity index (χ0v) is 81.9. The summed E-state index contributed by atoms with van der Waals surface area (Å²) < 4.78 is 35.8. The zero-order valence-electron chi connectivity index (χ0n) is 81.9. The number of aromatic nitrogens is 4. The van der Waals surface area contributed by atoms with Gasteiger partial charge in [-0.3, -0.25) is 0 Å². The lowest BCUT2D eigenvalue weighted by Gasteiger charge is -2.13. The van der Waals surface area contributed by atoms with Gasteiger partial charge in [0.1, 0.15) is 72.9 Å². The van der Waals surface area contributed by atoms with Gasteiger partial charge in [0.25, 0.3) is 0 Å². The fourth-order valence-electron chi connectivity index (χ4n) is 21.0. The summed E-state index contributed by atoms with van der Waals surface area (Å²) in [5.41, 5.74) is 43.7. The van der Waals surface area contributed by atoms with Gasteiger partial charge in [0, 0.05) is 122 Å². The van der Waals surface area contributed by atoms with Crippen LogP contribution in [0.2, 0.25) is 0 Å².